The summed E-state index contributed by atoms with van der Waals surface area (Å²) in [7, 11) is 0. The molecule has 0 saturated carbocycles. The van der Waals surface area contributed by atoms with Crippen LogP contribution in [0.3, 0.4) is 0 Å². The maximum atomic E-state index is 12.1. The van der Waals surface area contributed by atoms with E-state index in [4.69, 9.17) is 4.74 Å². The van der Waals surface area contributed by atoms with Gasteiger partial charge in [-0.05, 0) is 30.9 Å². The van der Waals surface area contributed by atoms with E-state index in [-0.39, 0.29) is 12.5 Å². The molecule has 2 saturated heterocycles. The molecule has 3 rings (SSSR count). The summed E-state index contributed by atoms with van der Waals surface area (Å²) in [5, 5.41) is 3.38. The molecule has 0 spiro atoms. The molecule has 1 aromatic rings. The number of hydrogen-bond donors (Lipinski definition) is 1. The highest BCUT2D eigenvalue weighted by atomic mass is 16.5. The van der Waals surface area contributed by atoms with Gasteiger partial charge < -0.3 is 15.0 Å². The zero-order valence-corrected chi connectivity index (χ0v) is 11.3. The van der Waals surface area contributed by atoms with Crippen molar-refractivity contribution in [1.29, 1.82) is 0 Å². The number of likely N-dealkylation sites (tertiary alicyclic amines) is 1. The lowest BCUT2D eigenvalue weighted by Crippen LogP contribution is -2.35. The minimum atomic E-state index is 0.106. The predicted molar refractivity (Wildman–Crippen MR) is 73.1 cm³/mol. The maximum Gasteiger partial charge on any atom is 0.260 e. The van der Waals surface area contributed by atoms with Gasteiger partial charge in [0, 0.05) is 26.2 Å². The Morgan fingerprint density at radius 2 is 1.89 bits per heavy atom. The number of carbonyl (C=O) groups is 1. The zero-order chi connectivity index (χ0) is 13.2. The van der Waals surface area contributed by atoms with Crippen LogP contribution in [0.2, 0.25) is 0 Å². The SMILES string of the molecule is Cc1ccc(OCC(=O)N2C[C@H]3CNC[C@H]3C2)cc1. The fourth-order valence-corrected chi connectivity index (χ4v) is 2.93. The number of benzene rings is 1. The van der Waals surface area contributed by atoms with Crippen LogP contribution < -0.4 is 10.1 Å². The van der Waals surface area contributed by atoms with Gasteiger partial charge >= 0.3 is 0 Å². The number of rotatable bonds is 3. The van der Waals surface area contributed by atoms with Crippen LogP contribution in [0.25, 0.3) is 0 Å². The van der Waals surface area contributed by atoms with E-state index in [0.717, 1.165) is 31.9 Å². The second-order valence-corrected chi connectivity index (χ2v) is 5.58. The number of aryl methyl sites for hydroxylation is 1. The lowest BCUT2D eigenvalue weighted by Gasteiger charge is -2.17. The van der Waals surface area contributed by atoms with Crippen molar-refractivity contribution in [2.75, 3.05) is 32.8 Å². The monoisotopic (exact) mass is 260 g/mol. The average Bonchev–Trinajstić information content (AvgIpc) is 2.98. The van der Waals surface area contributed by atoms with Crippen molar-refractivity contribution in [3.8, 4) is 5.75 Å². The summed E-state index contributed by atoms with van der Waals surface area (Å²) in [6.45, 7) is 6.05. The van der Waals surface area contributed by atoms with E-state index in [1.165, 1.54) is 5.56 Å². The van der Waals surface area contributed by atoms with Gasteiger partial charge in [-0.2, -0.15) is 0 Å². The number of ether oxygens (including phenoxy) is 1. The van der Waals surface area contributed by atoms with Crippen molar-refractivity contribution >= 4 is 5.91 Å². The third-order valence-corrected chi connectivity index (χ3v) is 4.13. The van der Waals surface area contributed by atoms with Gasteiger partial charge in [-0.1, -0.05) is 17.7 Å². The average molecular weight is 260 g/mol. The lowest BCUT2D eigenvalue weighted by molar-refractivity contribution is -0.132. The largest absolute Gasteiger partial charge is 0.484 e. The molecule has 2 fully saturated rings. The summed E-state index contributed by atoms with van der Waals surface area (Å²) in [6.07, 6.45) is 0. The predicted octanol–water partition coefficient (Wildman–Crippen LogP) is 1.05. The van der Waals surface area contributed by atoms with E-state index in [0.29, 0.717) is 11.8 Å². The first-order valence-corrected chi connectivity index (χ1v) is 6.90. The van der Waals surface area contributed by atoms with E-state index in [1.807, 2.05) is 36.1 Å². The van der Waals surface area contributed by atoms with Crippen molar-refractivity contribution < 1.29 is 9.53 Å². The summed E-state index contributed by atoms with van der Waals surface area (Å²) >= 11 is 0. The van der Waals surface area contributed by atoms with Crippen molar-refractivity contribution in [2.45, 2.75) is 6.92 Å². The van der Waals surface area contributed by atoms with Crippen molar-refractivity contribution in [1.82, 2.24) is 10.2 Å². The van der Waals surface area contributed by atoms with Gasteiger partial charge in [-0.15, -0.1) is 0 Å². The molecule has 102 valence electrons. The number of carbonyl (C=O) groups excluding carboxylic acids is 1. The first-order chi connectivity index (χ1) is 9.22. The molecule has 0 unspecified atom stereocenters. The second-order valence-electron chi connectivity index (χ2n) is 5.58. The van der Waals surface area contributed by atoms with Crippen molar-refractivity contribution in [2.24, 2.45) is 11.8 Å². The number of nitrogens with zero attached hydrogens (tertiary/aromatic N) is 1. The van der Waals surface area contributed by atoms with Crippen LogP contribution in [0.4, 0.5) is 0 Å². The normalized spacial score (nSPS) is 25.4. The smallest absolute Gasteiger partial charge is 0.260 e. The van der Waals surface area contributed by atoms with E-state index in [9.17, 15) is 4.79 Å². The van der Waals surface area contributed by atoms with E-state index >= 15 is 0 Å². The Balaban J connectivity index is 1.50. The van der Waals surface area contributed by atoms with Crippen LogP contribution in [-0.4, -0.2) is 43.6 Å². The Labute approximate surface area is 113 Å². The molecule has 0 radical (unpaired) electrons. The lowest BCUT2D eigenvalue weighted by atomic mass is 10.0. The first-order valence-electron chi connectivity index (χ1n) is 6.90. The third-order valence-electron chi connectivity index (χ3n) is 4.13. The molecule has 2 aliphatic heterocycles. The Hall–Kier alpha value is -1.55. The van der Waals surface area contributed by atoms with Gasteiger partial charge in [0.25, 0.3) is 5.91 Å². The molecule has 19 heavy (non-hydrogen) atoms. The summed E-state index contributed by atoms with van der Waals surface area (Å²) in [5.74, 6) is 2.15. The Morgan fingerprint density at radius 1 is 1.26 bits per heavy atom. The molecule has 1 amide bonds. The van der Waals surface area contributed by atoms with E-state index in [2.05, 4.69) is 5.32 Å². The van der Waals surface area contributed by atoms with Crippen LogP contribution in [0.15, 0.2) is 24.3 Å². The second kappa shape index (κ2) is 5.21. The van der Waals surface area contributed by atoms with Crippen LogP contribution in [0.1, 0.15) is 5.56 Å². The molecular weight excluding hydrogens is 240 g/mol. The zero-order valence-electron chi connectivity index (χ0n) is 11.3. The van der Waals surface area contributed by atoms with Gasteiger partial charge in [0.2, 0.25) is 0 Å². The van der Waals surface area contributed by atoms with Crippen LogP contribution in [-0.2, 0) is 4.79 Å². The quantitative estimate of drug-likeness (QED) is 0.883. The number of fused-ring (bicyclic) bond motifs is 1. The van der Waals surface area contributed by atoms with Crippen LogP contribution in [0, 0.1) is 18.8 Å². The molecule has 4 nitrogen and oxygen atoms in total. The highest BCUT2D eigenvalue weighted by molar-refractivity contribution is 5.78. The highest BCUT2D eigenvalue weighted by Gasteiger charge is 2.37. The van der Waals surface area contributed by atoms with Gasteiger partial charge in [0.05, 0.1) is 0 Å². The first kappa shape index (κ1) is 12.5. The molecule has 0 bridgehead atoms. The fourth-order valence-electron chi connectivity index (χ4n) is 2.93. The molecule has 2 heterocycles. The molecule has 2 aliphatic rings. The Morgan fingerprint density at radius 3 is 2.53 bits per heavy atom. The van der Waals surface area contributed by atoms with E-state index in [1.54, 1.807) is 0 Å². The molecular formula is C15H20N2O2. The van der Waals surface area contributed by atoms with Gasteiger partial charge in [0.1, 0.15) is 5.75 Å². The molecule has 4 heteroatoms. The number of nitrogens with one attached hydrogen (secondary N) is 1. The van der Waals surface area contributed by atoms with Crippen molar-refractivity contribution in [3.63, 3.8) is 0 Å². The summed E-state index contributed by atoms with van der Waals surface area (Å²) in [4.78, 5) is 14.0. The number of amides is 1. The number of hydrogen-bond acceptors (Lipinski definition) is 3. The van der Waals surface area contributed by atoms with Gasteiger partial charge in [0.15, 0.2) is 6.61 Å². The Kier molecular flexibility index (Phi) is 3.42. The van der Waals surface area contributed by atoms with E-state index < -0.39 is 0 Å². The standard InChI is InChI=1S/C15H20N2O2/c1-11-2-4-14(5-3-11)19-10-15(18)17-8-12-6-16-7-13(12)9-17/h2-5,12-13,16H,6-10H2,1H3/t12-,13+. The minimum Gasteiger partial charge on any atom is -0.484 e. The van der Waals surface area contributed by atoms with Gasteiger partial charge in [-0.25, -0.2) is 0 Å². The molecule has 2 atom stereocenters. The minimum absolute atomic E-state index is 0.106. The summed E-state index contributed by atoms with van der Waals surface area (Å²) in [5.41, 5.74) is 1.19. The topological polar surface area (TPSA) is 41.6 Å². The van der Waals surface area contributed by atoms with Crippen molar-refractivity contribution in [3.05, 3.63) is 29.8 Å². The Bertz CT molecular complexity index is 446. The molecule has 0 aliphatic carbocycles. The third kappa shape index (κ3) is 2.73. The molecule has 0 aromatic heterocycles. The summed E-state index contributed by atoms with van der Waals surface area (Å²) in [6, 6.07) is 7.80. The fraction of sp³-hybridized carbons (Fsp3) is 0.533. The molecule has 1 aromatic carbocycles. The molecule has 1 N–H and O–H groups in total. The summed E-state index contributed by atoms with van der Waals surface area (Å²) < 4.78 is 5.55. The van der Waals surface area contributed by atoms with Gasteiger partial charge in [-0.3, -0.25) is 4.79 Å². The maximum absolute atomic E-state index is 12.1. The van der Waals surface area contributed by atoms with Crippen LogP contribution >= 0.6 is 0 Å². The van der Waals surface area contributed by atoms with Crippen LogP contribution in [0.5, 0.6) is 5.75 Å². The highest BCUT2D eigenvalue weighted by Crippen LogP contribution is 2.26.